The van der Waals surface area contributed by atoms with E-state index in [0.717, 1.165) is 56.8 Å². The molecule has 1 aromatic carbocycles. The number of amides is 1. The molecule has 1 aromatic heterocycles. The number of piperidine rings is 1. The zero-order chi connectivity index (χ0) is 20.2. The zero-order valence-corrected chi connectivity index (χ0v) is 17.5. The average molecular weight is 394 g/mol. The van der Waals surface area contributed by atoms with Gasteiger partial charge < -0.3 is 9.64 Å². The molecule has 4 rings (SSSR count). The molecule has 29 heavy (non-hydrogen) atoms. The van der Waals surface area contributed by atoms with E-state index >= 15 is 0 Å². The molecule has 0 N–H and O–H groups in total. The van der Waals surface area contributed by atoms with Crippen molar-refractivity contribution in [2.75, 3.05) is 26.7 Å². The van der Waals surface area contributed by atoms with E-state index in [-0.39, 0.29) is 5.91 Å². The van der Waals surface area contributed by atoms with E-state index in [9.17, 15) is 4.79 Å². The van der Waals surface area contributed by atoms with Crippen molar-refractivity contribution in [3.8, 4) is 5.75 Å². The van der Waals surface area contributed by atoms with Gasteiger partial charge in [0.1, 0.15) is 5.75 Å². The maximum absolute atomic E-state index is 11.6. The SMILES string of the molecule is COc1ccccc1Cc1cccc([C@H]2CCCN2C2CCN(C(C)=O)CC2)n1. The third-order valence-corrected chi connectivity index (χ3v) is 6.41. The Morgan fingerprint density at radius 2 is 1.86 bits per heavy atom. The van der Waals surface area contributed by atoms with Crippen LogP contribution in [0.25, 0.3) is 0 Å². The number of hydrogen-bond acceptors (Lipinski definition) is 4. The Morgan fingerprint density at radius 1 is 1.07 bits per heavy atom. The quantitative estimate of drug-likeness (QED) is 0.775. The monoisotopic (exact) mass is 393 g/mol. The Kier molecular flexibility index (Phi) is 6.14. The smallest absolute Gasteiger partial charge is 0.219 e. The minimum atomic E-state index is 0.201. The highest BCUT2D eigenvalue weighted by Gasteiger charge is 2.34. The standard InChI is InChI=1S/C24H31N3O2/c1-18(28)26-15-12-21(13-16-26)27-14-6-10-23(27)22-9-5-8-20(25-22)17-19-7-3-4-11-24(19)29-2/h3-5,7-9,11,21,23H,6,10,12-17H2,1-2H3/t23-/m1/s1. The van der Waals surface area contributed by atoms with Crippen molar-refractivity contribution in [3.05, 3.63) is 59.4 Å². The molecular formula is C24H31N3O2. The number of para-hydroxylation sites is 1. The van der Waals surface area contributed by atoms with E-state index in [1.807, 2.05) is 23.1 Å². The molecule has 2 aromatic rings. The number of benzene rings is 1. The highest BCUT2D eigenvalue weighted by molar-refractivity contribution is 5.73. The first kappa shape index (κ1) is 19.9. The largest absolute Gasteiger partial charge is 0.496 e. The summed E-state index contributed by atoms with van der Waals surface area (Å²) in [5.74, 6) is 1.12. The van der Waals surface area contributed by atoms with Gasteiger partial charge in [0.2, 0.25) is 5.91 Å². The number of likely N-dealkylation sites (tertiary alicyclic amines) is 2. The predicted molar refractivity (Wildman–Crippen MR) is 114 cm³/mol. The number of aromatic nitrogens is 1. The molecule has 5 heteroatoms. The molecule has 154 valence electrons. The van der Waals surface area contributed by atoms with Gasteiger partial charge in [-0.3, -0.25) is 14.7 Å². The molecule has 0 aliphatic carbocycles. The molecule has 0 radical (unpaired) electrons. The summed E-state index contributed by atoms with van der Waals surface area (Å²) in [5, 5.41) is 0. The molecule has 2 fully saturated rings. The molecule has 0 unspecified atom stereocenters. The van der Waals surface area contributed by atoms with Crippen LogP contribution in [0, 0.1) is 0 Å². The number of rotatable bonds is 5. The van der Waals surface area contributed by atoms with Gasteiger partial charge in [0, 0.05) is 43.7 Å². The second-order valence-electron chi connectivity index (χ2n) is 8.18. The van der Waals surface area contributed by atoms with Crippen LogP contribution in [-0.2, 0) is 11.2 Å². The minimum absolute atomic E-state index is 0.201. The van der Waals surface area contributed by atoms with E-state index in [2.05, 4.69) is 29.2 Å². The molecule has 3 heterocycles. The fraction of sp³-hybridized carbons (Fsp3) is 0.500. The van der Waals surface area contributed by atoms with Crippen molar-refractivity contribution >= 4 is 5.91 Å². The molecule has 0 spiro atoms. The van der Waals surface area contributed by atoms with Crippen molar-refractivity contribution in [2.45, 2.75) is 51.1 Å². The van der Waals surface area contributed by atoms with E-state index < -0.39 is 0 Å². The third-order valence-electron chi connectivity index (χ3n) is 6.41. The lowest BCUT2D eigenvalue weighted by atomic mass is 10.0. The first-order valence-electron chi connectivity index (χ1n) is 10.7. The summed E-state index contributed by atoms with van der Waals surface area (Å²) in [5.41, 5.74) is 3.44. The number of methoxy groups -OCH3 is 1. The van der Waals surface area contributed by atoms with E-state index in [1.165, 1.54) is 17.7 Å². The summed E-state index contributed by atoms with van der Waals surface area (Å²) in [7, 11) is 1.72. The van der Waals surface area contributed by atoms with Crippen LogP contribution in [-0.4, -0.2) is 53.5 Å². The molecule has 2 saturated heterocycles. The molecule has 5 nitrogen and oxygen atoms in total. The van der Waals surface area contributed by atoms with Crippen molar-refractivity contribution in [3.63, 3.8) is 0 Å². The second kappa shape index (κ2) is 8.95. The average Bonchev–Trinajstić information content (AvgIpc) is 3.24. The lowest BCUT2D eigenvalue weighted by molar-refractivity contribution is -0.130. The van der Waals surface area contributed by atoms with Gasteiger partial charge in [-0.1, -0.05) is 24.3 Å². The Bertz CT molecular complexity index is 846. The Hall–Kier alpha value is -2.40. The maximum Gasteiger partial charge on any atom is 0.219 e. The zero-order valence-electron chi connectivity index (χ0n) is 17.5. The molecule has 1 atom stereocenters. The summed E-state index contributed by atoms with van der Waals surface area (Å²) in [6.07, 6.45) is 5.30. The first-order valence-corrected chi connectivity index (χ1v) is 10.7. The number of pyridine rings is 1. The summed E-state index contributed by atoms with van der Waals surface area (Å²) >= 11 is 0. The minimum Gasteiger partial charge on any atom is -0.496 e. The Labute approximate surface area is 173 Å². The van der Waals surface area contributed by atoms with Crippen LogP contribution < -0.4 is 4.74 Å². The fourth-order valence-corrected chi connectivity index (χ4v) is 4.88. The van der Waals surface area contributed by atoms with Crippen LogP contribution in [0.3, 0.4) is 0 Å². The Morgan fingerprint density at radius 3 is 2.62 bits per heavy atom. The number of hydrogen-bond donors (Lipinski definition) is 0. The van der Waals surface area contributed by atoms with Gasteiger partial charge in [-0.05, 0) is 50.4 Å². The number of carbonyl (C=O) groups excluding carboxylic acids is 1. The lowest BCUT2D eigenvalue weighted by Crippen LogP contribution is -2.46. The van der Waals surface area contributed by atoms with Crippen LogP contribution >= 0.6 is 0 Å². The van der Waals surface area contributed by atoms with E-state index in [4.69, 9.17) is 9.72 Å². The van der Waals surface area contributed by atoms with Gasteiger partial charge in [-0.2, -0.15) is 0 Å². The van der Waals surface area contributed by atoms with Gasteiger partial charge in [-0.25, -0.2) is 0 Å². The summed E-state index contributed by atoms with van der Waals surface area (Å²) in [4.78, 5) is 21.3. The summed E-state index contributed by atoms with van der Waals surface area (Å²) in [6, 6.07) is 15.5. The predicted octanol–water partition coefficient (Wildman–Crippen LogP) is 3.83. The number of ether oxygens (including phenoxy) is 1. The van der Waals surface area contributed by atoms with Crippen molar-refractivity contribution in [1.82, 2.24) is 14.8 Å². The van der Waals surface area contributed by atoms with Gasteiger partial charge >= 0.3 is 0 Å². The first-order chi connectivity index (χ1) is 14.2. The number of nitrogens with zero attached hydrogens (tertiary/aromatic N) is 3. The van der Waals surface area contributed by atoms with Crippen LogP contribution in [0.2, 0.25) is 0 Å². The summed E-state index contributed by atoms with van der Waals surface area (Å²) < 4.78 is 5.51. The van der Waals surface area contributed by atoms with Crippen LogP contribution in [0.5, 0.6) is 5.75 Å². The highest BCUT2D eigenvalue weighted by Crippen LogP contribution is 2.35. The number of carbonyl (C=O) groups is 1. The van der Waals surface area contributed by atoms with Crippen LogP contribution in [0.4, 0.5) is 0 Å². The van der Waals surface area contributed by atoms with Crippen molar-refractivity contribution in [2.24, 2.45) is 0 Å². The van der Waals surface area contributed by atoms with Gasteiger partial charge in [0.05, 0.1) is 18.8 Å². The highest BCUT2D eigenvalue weighted by atomic mass is 16.5. The van der Waals surface area contributed by atoms with Crippen molar-refractivity contribution < 1.29 is 9.53 Å². The van der Waals surface area contributed by atoms with Gasteiger partial charge in [0.25, 0.3) is 0 Å². The molecular weight excluding hydrogens is 362 g/mol. The van der Waals surface area contributed by atoms with Crippen LogP contribution in [0.1, 0.15) is 55.6 Å². The molecule has 2 aliphatic rings. The third kappa shape index (κ3) is 4.45. The molecule has 0 saturated carbocycles. The van der Waals surface area contributed by atoms with Gasteiger partial charge in [0.15, 0.2) is 0 Å². The normalized spacial score (nSPS) is 20.8. The fourth-order valence-electron chi connectivity index (χ4n) is 4.88. The maximum atomic E-state index is 11.6. The molecule has 2 aliphatic heterocycles. The van der Waals surface area contributed by atoms with Crippen molar-refractivity contribution in [1.29, 1.82) is 0 Å². The van der Waals surface area contributed by atoms with Crippen LogP contribution in [0.15, 0.2) is 42.5 Å². The molecule has 0 bridgehead atoms. The molecule has 1 amide bonds. The topological polar surface area (TPSA) is 45.7 Å². The lowest BCUT2D eigenvalue weighted by Gasteiger charge is -2.39. The van der Waals surface area contributed by atoms with E-state index in [0.29, 0.717) is 12.1 Å². The van der Waals surface area contributed by atoms with E-state index in [1.54, 1.807) is 14.0 Å². The summed E-state index contributed by atoms with van der Waals surface area (Å²) in [6.45, 7) is 4.57. The Balaban J connectivity index is 1.48. The second-order valence-corrected chi connectivity index (χ2v) is 8.18. The van der Waals surface area contributed by atoms with Gasteiger partial charge in [-0.15, -0.1) is 0 Å².